The van der Waals surface area contributed by atoms with Gasteiger partial charge < -0.3 is 10.2 Å². The molecule has 0 saturated carbocycles. The fraction of sp³-hybridized carbons (Fsp3) is 0. The second-order valence-corrected chi connectivity index (χ2v) is 6.15. The van der Waals surface area contributed by atoms with E-state index >= 15 is 0 Å². The first-order valence-electron chi connectivity index (χ1n) is 7.92. The van der Waals surface area contributed by atoms with Crippen molar-refractivity contribution in [3.63, 3.8) is 0 Å². The molecule has 5 aromatic carbocycles. The maximum absolute atomic E-state index is 10.5. The molecule has 0 amide bonds. The molecule has 0 heterocycles. The maximum Gasteiger partial charge on any atom is 0.166 e. The highest BCUT2D eigenvalue weighted by Crippen LogP contribution is 2.43. The highest BCUT2D eigenvalue weighted by atomic mass is 16.3. The Morgan fingerprint density at radius 1 is 0.417 bits per heavy atom. The average molecular weight is 310 g/mol. The average Bonchev–Trinajstić information content (AvgIpc) is 2.65. The van der Waals surface area contributed by atoms with E-state index in [1.54, 1.807) is 0 Å². The SMILES string of the molecule is Oc1c(O)c2cc3c(ccc4ccccc43)cc2c2ccccc12. The van der Waals surface area contributed by atoms with E-state index in [0.29, 0.717) is 10.8 Å². The van der Waals surface area contributed by atoms with Gasteiger partial charge in [0.1, 0.15) is 0 Å². The number of fused-ring (bicyclic) bond motifs is 6. The van der Waals surface area contributed by atoms with Crippen LogP contribution in [0.2, 0.25) is 0 Å². The van der Waals surface area contributed by atoms with Crippen LogP contribution in [0.1, 0.15) is 0 Å². The molecular formula is C22H14O2. The molecule has 0 unspecified atom stereocenters. The van der Waals surface area contributed by atoms with Gasteiger partial charge in [-0.05, 0) is 44.5 Å². The van der Waals surface area contributed by atoms with Gasteiger partial charge in [0, 0.05) is 10.8 Å². The van der Waals surface area contributed by atoms with Gasteiger partial charge in [-0.25, -0.2) is 0 Å². The van der Waals surface area contributed by atoms with Gasteiger partial charge in [-0.3, -0.25) is 0 Å². The van der Waals surface area contributed by atoms with E-state index in [0.717, 1.165) is 32.3 Å². The summed E-state index contributed by atoms with van der Waals surface area (Å²) in [6, 6.07) is 24.1. The molecule has 2 heteroatoms. The summed E-state index contributed by atoms with van der Waals surface area (Å²) >= 11 is 0. The van der Waals surface area contributed by atoms with Gasteiger partial charge in [-0.2, -0.15) is 0 Å². The molecule has 0 aliphatic rings. The Morgan fingerprint density at radius 3 is 1.88 bits per heavy atom. The Hall–Kier alpha value is -3.26. The van der Waals surface area contributed by atoms with E-state index in [1.807, 2.05) is 42.5 Å². The molecule has 0 radical (unpaired) electrons. The molecule has 0 atom stereocenters. The second-order valence-electron chi connectivity index (χ2n) is 6.15. The minimum absolute atomic E-state index is 0.0569. The molecule has 114 valence electrons. The van der Waals surface area contributed by atoms with Gasteiger partial charge in [0.2, 0.25) is 0 Å². The molecule has 0 aliphatic carbocycles. The summed E-state index contributed by atoms with van der Waals surface area (Å²) in [6.45, 7) is 0. The van der Waals surface area contributed by atoms with Crippen LogP contribution in [-0.2, 0) is 0 Å². The molecule has 0 aromatic heterocycles. The highest BCUT2D eigenvalue weighted by Gasteiger charge is 2.14. The molecule has 0 bridgehead atoms. The lowest BCUT2D eigenvalue weighted by Gasteiger charge is -2.12. The predicted octanol–water partition coefficient (Wildman–Crippen LogP) is 5.71. The van der Waals surface area contributed by atoms with Gasteiger partial charge in [-0.1, -0.05) is 60.7 Å². The largest absolute Gasteiger partial charge is 0.504 e. The molecule has 24 heavy (non-hydrogen) atoms. The number of aromatic hydroxyl groups is 2. The fourth-order valence-corrected chi connectivity index (χ4v) is 3.65. The Balaban J connectivity index is 2.07. The molecular weight excluding hydrogens is 296 g/mol. The predicted molar refractivity (Wildman–Crippen MR) is 99.8 cm³/mol. The zero-order chi connectivity index (χ0) is 16.3. The van der Waals surface area contributed by atoms with Crippen molar-refractivity contribution in [2.24, 2.45) is 0 Å². The van der Waals surface area contributed by atoms with Gasteiger partial charge in [0.05, 0.1) is 0 Å². The van der Waals surface area contributed by atoms with Crippen LogP contribution < -0.4 is 0 Å². The highest BCUT2D eigenvalue weighted by molar-refractivity contribution is 6.20. The topological polar surface area (TPSA) is 40.5 Å². The van der Waals surface area contributed by atoms with Gasteiger partial charge in [-0.15, -0.1) is 0 Å². The van der Waals surface area contributed by atoms with Crippen LogP contribution >= 0.6 is 0 Å². The number of phenols is 2. The van der Waals surface area contributed by atoms with Crippen LogP contribution in [0.25, 0.3) is 43.1 Å². The van der Waals surface area contributed by atoms with Crippen molar-refractivity contribution in [2.45, 2.75) is 0 Å². The lowest BCUT2D eigenvalue weighted by molar-refractivity contribution is 0.412. The van der Waals surface area contributed by atoms with Crippen LogP contribution in [0.15, 0.2) is 72.8 Å². The zero-order valence-corrected chi connectivity index (χ0v) is 12.8. The summed E-state index contributed by atoms with van der Waals surface area (Å²) in [4.78, 5) is 0. The van der Waals surface area contributed by atoms with E-state index in [2.05, 4.69) is 30.3 Å². The molecule has 2 N–H and O–H groups in total. The minimum atomic E-state index is -0.0577. The second kappa shape index (κ2) is 4.62. The summed E-state index contributed by atoms with van der Waals surface area (Å²) in [7, 11) is 0. The summed E-state index contributed by atoms with van der Waals surface area (Å²) < 4.78 is 0. The van der Waals surface area contributed by atoms with Crippen LogP contribution in [0, 0.1) is 0 Å². The van der Waals surface area contributed by atoms with Crippen LogP contribution in [0.3, 0.4) is 0 Å². The first kappa shape index (κ1) is 13.2. The number of hydrogen-bond acceptors (Lipinski definition) is 2. The van der Waals surface area contributed by atoms with Crippen molar-refractivity contribution >= 4 is 43.1 Å². The van der Waals surface area contributed by atoms with Crippen LogP contribution in [0.4, 0.5) is 0 Å². The van der Waals surface area contributed by atoms with E-state index in [1.165, 1.54) is 0 Å². The molecule has 0 spiro atoms. The van der Waals surface area contributed by atoms with Gasteiger partial charge in [0.15, 0.2) is 11.5 Å². The lowest BCUT2D eigenvalue weighted by Crippen LogP contribution is -1.84. The van der Waals surface area contributed by atoms with Crippen molar-refractivity contribution < 1.29 is 10.2 Å². The summed E-state index contributed by atoms with van der Waals surface area (Å²) in [5, 5.41) is 28.7. The normalized spacial score (nSPS) is 11.7. The number of rotatable bonds is 0. The van der Waals surface area contributed by atoms with Crippen LogP contribution in [-0.4, -0.2) is 10.2 Å². The first-order chi connectivity index (χ1) is 11.7. The number of phenolic OH excluding ortho intramolecular Hbond substituents is 2. The molecule has 0 saturated heterocycles. The molecule has 5 aromatic rings. The van der Waals surface area contributed by atoms with E-state index in [9.17, 15) is 10.2 Å². The summed E-state index contributed by atoms with van der Waals surface area (Å²) in [5.74, 6) is -0.115. The van der Waals surface area contributed by atoms with Crippen molar-refractivity contribution in [3.8, 4) is 11.5 Å². The van der Waals surface area contributed by atoms with Crippen molar-refractivity contribution in [1.29, 1.82) is 0 Å². The maximum atomic E-state index is 10.5. The minimum Gasteiger partial charge on any atom is -0.504 e. The Labute approximate surface area is 138 Å². The Morgan fingerprint density at radius 2 is 1.04 bits per heavy atom. The third kappa shape index (κ3) is 1.65. The molecule has 2 nitrogen and oxygen atoms in total. The quantitative estimate of drug-likeness (QED) is 0.218. The number of benzene rings is 5. The third-order valence-corrected chi connectivity index (χ3v) is 4.83. The van der Waals surface area contributed by atoms with E-state index in [-0.39, 0.29) is 11.5 Å². The van der Waals surface area contributed by atoms with E-state index < -0.39 is 0 Å². The Bertz CT molecular complexity index is 1270. The van der Waals surface area contributed by atoms with Crippen molar-refractivity contribution in [3.05, 3.63) is 72.8 Å². The van der Waals surface area contributed by atoms with Crippen molar-refractivity contribution in [1.82, 2.24) is 0 Å². The zero-order valence-electron chi connectivity index (χ0n) is 12.8. The van der Waals surface area contributed by atoms with E-state index in [4.69, 9.17) is 0 Å². The first-order valence-corrected chi connectivity index (χ1v) is 7.92. The van der Waals surface area contributed by atoms with Gasteiger partial charge >= 0.3 is 0 Å². The molecule has 0 fully saturated rings. The number of hydrogen-bond donors (Lipinski definition) is 2. The van der Waals surface area contributed by atoms with Crippen molar-refractivity contribution in [2.75, 3.05) is 0 Å². The summed E-state index contributed by atoms with van der Waals surface area (Å²) in [6.07, 6.45) is 0. The molecule has 0 aliphatic heterocycles. The van der Waals surface area contributed by atoms with Gasteiger partial charge in [0.25, 0.3) is 0 Å². The van der Waals surface area contributed by atoms with Crippen LogP contribution in [0.5, 0.6) is 11.5 Å². The summed E-state index contributed by atoms with van der Waals surface area (Å²) in [5.41, 5.74) is 0. The third-order valence-electron chi connectivity index (χ3n) is 4.83. The Kier molecular flexibility index (Phi) is 2.54. The lowest BCUT2D eigenvalue weighted by atomic mass is 9.94. The fourth-order valence-electron chi connectivity index (χ4n) is 3.65. The monoisotopic (exact) mass is 310 g/mol. The standard InChI is InChI=1S/C22H14O2/c23-21-17-8-4-3-7-16(17)19-11-14-10-9-13-5-1-2-6-15(13)18(14)12-20(19)22(21)24/h1-12,23-24H. The smallest absolute Gasteiger partial charge is 0.166 e. The molecule has 5 rings (SSSR count).